The number of carbonyl (C=O) groups excluding carboxylic acids is 1. The van der Waals surface area contributed by atoms with Gasteiger partial charge in [0.25, 0.3) is 5.91 Å². The fraction of sp³-hybridized carbons (Fsp3) is 0.250. The van der Waals surface area contributed by atoms with Crippen molar-refractivity contribution in [2.24, 2.45) is 0 Å². The number of allylic oxidation sites excluding steroid dienone is 1. The highest BCUT2D eigenvalue weighted by Crippen LogP contribution is 2.20. The van der Waals surface area contributed by atoms with Crippen LogP contribution in [0.25, 0.3) is 11.0 Å². The summed E-state index contributed by atoms with van der Waals surface area (Å²) in [5.41, 5.74) is 3.71. The molecule has 1 N–H and O–H groups in total. The van der Waals surface area contributed by atoms with Crippen LogP contribution in [0.4, 0.5) is 0 Å². The first-order chi connectivity index (χ1) is 16.8. The molecule has 34 heavy (non-hydrogen) atoms. The summed E-state index contributed by atoms with van der Waals surface area (Å²) in [6, 6.07) is 21.6. The minimum Gasteiger partial charge on any atom is -0.493 e. The molecule has 2 aromatic heterocycles. The Balaban J connectivity index is 1.34. The van der Waals surface area contributed by atoms with Crippen LogP contribution in [0.15, 0.2) is 85.6 Å². The number of para-hydroxylation sites is 3. The van der Waals surface area contributed by atoms with Gasteiger partial charge in [-0.3, -0.25) is 9.78 Å². The molecule has 0 spiro atoms. The second-order valence-corrected chi connectivity index (χ2v) is 8.05. The van der Waals surface area contributed by atoms with Gasteiger partial charge >= 0.3 is 0 Å². The third kappa shape index (κ3) is 5.90. The molecule has 2 heterocycles. The Morgan fingerprint density at radius 1 is 1.03 bits per heavy atom. The predicted octanol–water partition coefficient (Wildman–Crippen LogP) is 4.99. The summed E-state index contributed by atoms with van der Waals surface area (Å²) in [5, 5.41) is 2.94. The maximum Gasteiger partial charge on any atom is 0.269 e. The lowest BCUT2D eigenvalue weighted by Gasteiger charge is -2.12. The largest absolute Gasteiger partial charge is 0.493 e. The average molecular weight is 455 g/mol. The summed E-state index contributed by atoms with van der Waals surface area (Å²) in [6.45, 7) is 5.85. The SMILES string of the molecule is C=CCc1ccccc1OCCCn1c(CCCNC(=O)c2ccccn2)nc2ccccc21. The van der Waals surface area contributed by atoms with Gasteiger partial charge in [0.2, 0.25) is 0 Å². The van der Waals surface area contributed by atoms with Gasteiger partial charge in [0.1, 0.15) is 17.3 Å². The van der Waals surface area contributed by atoms with E-state index in [1.807, 2.05) is 48.5 Å². The Morgan fingerprint density at radius 3 is 2.71 bits per heavy atom. The molecule has 4 rings (SSSR count). The Hall–Kier alpha value is -3.93. The van der Waals surface area contributed by atoms with E-state index in [2.05, 4.69) is 33.6 Å². The Labute approximate surface area is 200 Å². The predicted molar refractivity (Wildman–Crippen MR) is 135 cm³/mol. The van der Waals surface area contributed by atoms with E-state index in [9.17, 15) is 4.79 Å². The monoisotopic (exact) mass is 454 g/mol. The molecule has 174 valence electrons. The highest BCUT2D eigenvalue weighted by atomic mass is 16.5. The van der Waals surface area contributed by atoms with Crippen molar-refractivity contribution >= 4 is 16.9 Å². The van der Waals surface area contributed by atoms with Gasteiger partial charge in [0, 0.05) is 25.7 Å². The zero-order chi connectivity index (χ0) is 23.6. The molecule has 0 saturated carbocycles. The summed E-state index contributed by atoms with van der Waals surface area (Å²) in [7, 11) is 0. The quantitative estimate of drug-likeness (QED) is 0.242. The first-order valence-electron chi connectivity index (χ1n) is 11.7. The maximum atomic E-state index is 12.2. The standard InChI is InChI=1S/C28H30N4O2/c1-2-11-22-12-3-6-16-26(22)34-21-10-20-32-25-15-5-4-13-23(25)31-27(32)17-9-19-30-28(33)24-14-7-8-18-29-24/h2-8,12-16,18H,1,9-11,17,19-21H2,(H,30,33). The van der Waals surface area contributed by atoms with Crippen LogP contribution in [-0.2, 0) is 19.4 Å². The van der Waals surface area contributed by atoms with Gasteiger partial charge in [0.05, 0.1) is 17.6 Å². The van der Waals surface area contributed by atoms with Gasteiger partial charge in [-0.25, -0.2) is 4.98 Å². The minimum absolute atomic E-state index is 0.150. The fourth-order valence-corrected chi connectivity index (χ4v) is 3.98. The van der Waals surface area contributed by atoms with E-state index in [-0.39, 0.29) is 5.91 Å². The van der Waals surface area contributed by atoms with E-state index >= 15 is 0 Å². The van der Waals surface area contributed by atoms with Gasteiger partial charge < -0.3 is 14.6 Å². The van der Waals surface area contributed by atoms with Crippen molar-refractivity contribution in [3.63, 3.8) is 0 Å². The number of hydrogen-bond acceptors (Lipinski definition) is 4. The molecular formula is C28H30N4O2. The van der Waals surface area contributed by atoms with Crippen LogP contribution in [0.2, 0.25) is 0 Å². The second-order valence-electron chi connectivity index (χ2n) is 8.05. The molecule has 0 fully saturated rings. The number of aromatic nitrogens is 3. The number of rotatable bonds is 12. The highest BCUT2D eigenvalue weighted by Gasteiger charge is 2.11. The molecule has 1 amide bonds. The number of imidazole rings is 1. The van der Waals surface area contributed by atoms with Crippen molar-refractivity contribution in [1.82, 2.24) is 19.9 Å². The maximum absolute atomic E-state index is 12.2. The second kappa shape index (κ2) is 11.8. The lowest BCUT2D eigenvalue weighted by atomic mass is 10.1. The van der Waals surface area contributed by atoms with Crippen LogP contribution in [0, 0.1) is 0 Å². The number of aryl methyl sites for hydroxylation is 2. The van der Waals surface area contributed by atoms with Crippen LogP contribution < -0.4 is 10.1 Å². The molecule has 0 aliphatic rings. The highest BCUT2D eigenvalue weighted by molar-refractivity contribution is 5.92. The molecule has 0 bridgehead atoms. The molecule has 0 aliphatic heterocycles. The van der Waals surface area contributed by atoms with Crippen molar-refractivity contribution in [1.29, 1.82) is 0 Å². The number of nitrogens with one attached hydrogen (secondary N) is 1. The van der Waals surface area contributed by atoms with Crippen LogP contribution in [0.3, 0.4) is 0 Å². The van der Waals surface area contributed by atoms with Crippen LogP contribution >= 0.6 is 0 Å². The molecule has 2 aromatic carbocycles. The Morgan fingerprint density at radius 2 is 1.85 bits per heavy atom. The van der Waals surface area contributed by atoms with Crippen LogP contribution in [0.1, 0.15) is 34.7 Å². The topological polar surface area (TPSA) is 69.0 Å². The zero-order valence-electron chi connectivity index (χ0n) is 19.3. The summed E-state index contributed by atoms with van der Waals surface area (Å²) in [5.74, 6) is 1.80. The molecule has 0 aliphatic carbocycles. The fourth-order valence-electron chi connectivity index (χ4n) is 3.98. The van der Waals surface area contributed by atoms with Crippen molar-refractivity contribution in [2.75, 3.05) is 13.2 Å². The Kier molecular flexibility index (Phi) is 8.06. The molecular weight excluding hydrogens is 424 g/mol. The Bertz CT molecular complexity index is 1230. The molecule has 4 aromatic rings. The summed E-state index contributed by atoms with van der Waals surface area (Å²) >= 11 is 0. The normalized spacial score (nSPS) is 10.8. The molecule has 6 nitrogen and oxygen atoms in total. The number of nitrogens with zero attached hydrogens (tertiary/aromatic N) is 3. The molecule has 0 saturated heterocycles. The number of carbonyl (C=O) groups is 1. The number of amides is 1. The van der Waals surface area contributed by atoms with Gasteiger partial charge in [-0.05, 0) is 55.2 Å². The zero-order valence-corrected chi connectivity index (χ0v) is 19.3. The average Bonchev–Trinajstić information content (AvgIpc) is 3.23. The minimum atomic E-state index is -0.150. The van der Waals surface area contributed by atoms with E-state index < -0.39 is 0 Å². The van der Waals surface area contributed by atoms with E-state index in [4.69, 9.17) is 9.72 Å². The summed E-state index contributed by atoms with van der Waals surface area (Å²) < 4.78 is 8.34. The smallest absolute Gasteiger partial charge is 0.269 e. The number of benzene rings is 2. The van der Waals surface area contributed by atoms with E-state index in [0.717, 1.165) is 60.4 Å². The number of pyridine rings is 1. The van der Waals surface area contributed by atoms with E-state index in [1.165, 1.54) is 0 Å². The molecule has 0 unspecified atom stereocenters. The summed E-state index contributed by atoms with van der Waals surface area (Å²) in [4.78, 5) is 21.1. The van der Waals surface area contributed by atoms with Gasteiger partial charge in [-0.15, -0.1) is 6.58 Å². The van der Waals surface area contributed by atoms with Crippen LogP contribution in [-0.4, -0.2) is 33.6 Å². The number of ether oxygens (including phenoxy) is 1. The van der Waals surface area contributed by atoms with Gasteiger partial charge in [-0.2, -0.15) is 0 Å². The lowest BCUT2D eigenvalue weighted by Crippen LogP contribution is -2.25. The molecule has 0 radical (unpaired) electrons. The van der Waals surface area contributed by atoms with E-state index in [1.54, 1.807) is 18.3 Å². The third-order valence-corrected chi connectivity index (χ3v) is 5.61. The number of hydrogen-bond donors (Lipinski definition) is 1. The van der Waals surface area contributed by atoms with Crippen molar-refractivity contribution in [3.05, 3.63) is 103 Å². The van der Waals surface area contributed by atoms with Gasteiger partial charge in [0.15, 0.2) is 0 Å². The molecule has 0 atom stereocenters. The van der Waals surface area contributed by atoms with Crippen molar-refractivity contribution in [2.45, 2.75) is 32.2 Å². The first kappa shape index (κ1) is 23.2. The van der Waals surface area contributed by atoms with Crippen molar-refractivity contribution < 1.29 is 9.53 Å². The molecule has 6 heteroatoms. The van der Waals surface area contributed by atoms with Crippen LogP contribution in [0.5, 0.6) is 5.75 Å². The third-order valence-electron chi connectivity index (χ3n) is 5.61. The first-order valence-corrected chi connectivity index (χ1v) is 11.7. The number of fused-ring (bicyclic) bond motifs is 1. The van der Waals surface area contributed by atoms with Gasteiger partial charge in [-0.1, -0.05) is 42.5 Å². The summed E-state index contributed by atoms with van der Waals surface area (Å²) in [6.07, 6.45) is 6.76. The lowest BCUT2D eigenvalue weighted by molar-refractivity contribution is 0.0948. The van der Waals surface area contributed by atoms with E-state index in [0.29, 0.717) is 18.8 Å². The van der Waals surface area contributed by atoms with Crippen molar-refractivity contribution in [3.8, 4) is 5.75 Å².